The molecule has 9 heteroatoms. The van der Waals surface area contributed by atoms with Crippen molar-refractivity contribution in [3.05, 3.63) is 64.7 Å². The molecule has 192 valence electrons. The average Bonchev–Trinajstić information content (AvgIpc) is 2.79. The van der Waals surface area contributed by atoms with Gasteiger partial charge >= 0.3 is 0 Å². The van der Waals surface area contributed by atoms with E-state index >= 15 is 0 Å². The Morgan fingerprint density at radius 2 is 1.77 bits per heavy atom. The zero-order chi connectivity index (χ0) is 26.2. The van der Waals surface area contributed by atoms with E-state index in [1.165, 1.54) is 9.21 Å². The molecule has 0 radical (unpaired) electrons. The number of para-hydroxylation sites is 1. The summed E-state index contributed by atoms with van der Waals surface area (Å²) < 4.78 is 26.3. The van der Waals surface area contributed by atoms with Gasteiger partial charge in [0.25, 0.3) is 0 Å². The van der Waals surface area contributed by atoms with E-state index in [0.717, 1.165) is 23.8 Å². The Morgan fingerprint density at radius 1 is 1.09 bits per heavy atom. The van der Waals surface area contributed by atoms with Crippen LogP contribution in [0.2, 0.25) is 5.02 Å². The molecule has 0 aliphatic heterocycles. The van der Waals surface area contributed by atoms with Crippen LogP contribution in [-0.2, 0) is 26.2 Å². The average molecular weight is 522 g/mol. The highest BCUT2D eigenvalue weighted by molar-refractivity contribution is 7.92. The van der Waals surface area contributed by atoms with Crippen molar-refractivity contribution >= 4 is 39.1 Å². The van der Waals surface area contributed by atoms with Crippen molar-refractivity contribution < 1.29 is 18.0 Å². The van der Waals surface area contributed by atoms with E-state index in [-0.39, 0.29) is 37.4 Å². The maximum absolute atomic E-state index is 13.3. The Bertz CT molecular complexity index is 1120. The Hall–Kier alpha value is -2.58. The molecule has 2 aromatic carbocycles. The predicted molar refractivity (Wildman–Crippen MR) is 142 cm³/mol. The van der Waals surface area contributed by atoms with E-state index in [2.05, 4.69) is 5.32 Å². The van der Waals surface area contributed by atoms with Crippen molar-refractivity contribution in [2.24, 2.45) is 0 Å². The number of hydrogen-bond acceptors (Lipinski definition) is 4. The number of benzene rings is 2. The molecule has 0 aliphatic carbocycles. The third-order valence-electron chi connectivity index (χ3n) is 5.95. The molecule has 0 aliphatic rings. The molecule has 0 aromatic heterocycles. The number of carbonyl (C=O) groups excluding carboxylic acids is 2. The van der Waals surface area contributed by atoms with Gasteiger partial charge in [-0.1, -0.05) is 48.9 Å². The molecule has 7 nitrogen and oxygen atoms in total. The van der Waals surface area contributed by atoms with Gasteiger partial charge in [0.05, 0.1) is 11.9 Å². The number of hydrogen-bond donors (Lipinski definition) is 1. The first kappa shape index (κ1) is 28.7. The van der Waals surface area contributed by atoms with Crippen LogP contribution in [0.4, 0.5) is 5.69 Å². The molecule has 35 heavy (non-hydrogen) atoms. The minimum absolute atomic E-state index is 0.00879. The second-order valence-corrected chi connectivity index (χ2v) is 11.2. The molecule has 2 aromatic rings. The molecule has 0 spiro atoms. The molecule has 0 saturated heterocycles. The first-order valence-corrected chi connectivity index (χ1v) is 14.0. The van der Waals surface area contributed by atoms with E-state index in [1.807, 2.05) is 39.0 Å². The molecular formula is C26H36ClN3O4S. The quantitative estimate of drug-likeness (QED) is 0.444. The minimum Gasteiger partial charge on any atom is -0.352 e. The van der Waals surface area contributed by atoms with Gasteiger partial charge < -0.3 is 10.2 Å². The number of halogens is 1. The molecule has 2 atom stereocenters. The van der Waals surface area contributed by atoms with Gasteiger partial charge in [0, 0.05) is 30.6 Å². The zero-order valence-electron chi connectivity index (χ0n) is 21.1. The van der Waals surface area contributed by atoms with Gasteiger partial charge in [-0.3, -0.25) is 13.9 Å². The number of rotatable bonds is 12. The summed E-state index contributed by atoms with van der Waals surface area (Å²) in [5.74, 6) is -0.456. The Morgan fingerprint density at radius 3 is 2.37 bits per heavy atom. The lowest BCUT2D eigenvalue weighted by molar-refractivity contribution is -0.140. The van der Waals surface area contributed by atoms with Crippen molar-refractivity contribution in [1.29, 1.82) is 0 Å². The normalized spacial score (nSPS) is 13.1. The van der Waals surface area contributed by atoms with Crippen LogP contribution < -0.4 is 9.62 Å². The van der Waals surface area contributed by atoms with E-state index in [4.69, 9.17) is 11.6 Å². The predicted octanol–water partition coefficient (Wildman–Crippen LogP) is 4.53. The molecular weight excluding hydrogens is 486 g/mol. The largest absolute Gasteiger partial charge is 0.352 e. The molecule has 0 fully saturated rings. The Balaban J connectivity index is 2.18. The Labute approximate surface area is 214 Å². The second-order valence-electron chi connectivity index (χ2n) is 8.87. The molecule has 2 rings (SSSR count). The Kier molecular flexibility index (Phi) is 10.6. The molecule has 0 heterocycles. The maximum atomic E-state index is 13.3. The molecule has 0 saturated carbocycles. The van der Waals surface area contributed by atoms with Crippen molar-refractivity contribution in [3.8, 4) is 0 Å². The van der Waals surface area contributed by atoms with Gasteiger partial charge in [-0.25, -0.2) is 8.42 Å². The van der Waals surface area contributed by atoms with Gasteiger partial charge in [-0.15, -0.1) is 0 Å². The van der Waals surface area contributed by atoms with Gasteiger partial charge in [0.15, 0.2) is 0 Å². The third kappa shape index (κ3) is 8.54. The number of aryl methyl sites for hydroxylation is 1. The fraction of sp³-hybridized carbons (Fsp3) is 0.462. The number of nitrogens with one attached hydrogen (secondary N) is 1. The van der Waals surface area contributed by atoms with Crippen LogP contribution in [0, 0.1) is 6.92 Å². The summed E-state index contributed by atoms with van der Waals surface area (Å²) in [6, 6.07) is 13.7. The van der Waals surface area contributed by atoms with Crippen LogP contribution in [0.15, 0.2) is 48.5 Å². The third-order valence-corrected chi connectivity index (χ3v) is 7.36. The summed E-state index contributed by atoms with van der Waals surface area (Å²) in [5, 5.41) is 3.49. The number of carbonyl (C=O) groups is 2. The van der Waals surface area contributed by atoms with E-state index in [1.54, 1.807) is 37.3 Å². The minimum atomic E-state index is -3.53. The highest BCUT2D eigenvalue weighted by Crippen LogP contribution is 2.23. The highest BCUT2D eigenvalue weighted by Gasteiger charge is 2.27. The van der Waals surface area contributed by atoms with Crippen molar-refractivity contribution in [3.63, 3.8) is 0 Å². The van der Waals surface area contributed by atoms with E-state index in [0.29, 0.717) is 17.1 Å². The lowest BCUT2D eigenvalue weighted by Crippen LogP contribution is -2.49. The first-order valence-electron chi connectivity index (χ1n) is 11.8. The fourth-order valence-corrected chi connectivity index (χ4v) is 4.94. The van der Waals surface area contributed by atoms with Crippen molar-refractivity contribution in [2.75, 3.05) is 17.1 Å². The topological polar surface area (TPSA) is 86.8 Å². The van der Waals surface area contributed by atoms with E-state index in [9.17, 15) is 18.0 Å². The van der Waals surface area contributed by atoms with Crippen LogP contribution in [0.5, 0.6) is 0 Å². The first-order chi connectivity index (χ1) is 16.4. The van der Waals surface area contributed by atoms with Crippen molar-refractivity contribution in [2.45, 2.75) is 65.6 Å². The second kappa shape index (κ2) is 12.9. The number of anilines is 1. The van der Waals surface area contributed by atoms with E-state index < -0.39 is 16.1 Å². The summed E-state index contributed by atoms with van der Waals surface area (Å²) in [6.07, 6.45) is 2.35. The lowest BCUT2D eigenvalue weighted by Gasteiger charge is -2.30. The zero-order valence-corrected chi connectivity index (χ0v) is 22.7. The SMILES string of the molecule is CC[C@H](C)NC(=O)[C@@H](C)N(Cc1cccc(Cl)c1)C(=O)CCCN(c1ccccc1C)S(C)(=O)=O. The van der Waals surface area contributed by atoms with Gasteiger partial charge in [-0.2, -0.15) is 0 Å². The number of nitrogens with zero attached hydrogens (tertiary/aromatic N) is 2. The van der Waals surface area contributed by atoms with Crippen LogP contribution in [0.3, 0.4) is 0 Å². The smallest absolute Gasteiger partial charge is 0.242 e. The summed E-state index contributed by atoms with van der Waals surface area (Å²) >= 11 is 6.12. The van der Waals surface area contributed by atoms with Crippen LogP contribution >= 0.6 is 11.6 Å². The fourth-order valence-electron chi connectivity index (χ4n) is 3.71. The van der Waals surface area contributed by atoms with Gasteiger partial charge in [0.1, 0.15) is 6.04 Å². The monoisotopic (exact) mass is 521 g/mol. The molecule has 0 bridgehead atoms. The van der Waals surface area contributed by atoms with Crippen LogP contribution in [0.25, 0.3) is 0 Å². The maximum Gasteiger partial charge on any atom is 0.242 e. The molecule has 0 unspecified atom stereocenters. The van der Waals surface area contributed by atoms with Gasteiger partial charge in [-0.05, 0) is 62.9 Å². The lowest BCUT2D eigenvalue weighted by atomic mass is 10.1. The standard InChI is InChI=1S/C26H36ClN3O4S/c1-6-20(3)28-26(32)21(4)29(18-22-12-9-13-23(27)17-22)25(31)15-10-16-30(35(5,33)34)24-14-8-7-11-19(24)2/h7-9,11-14,17,20-21H,6,10,15-16,18H2,1-5H3,(H,28,32)/t20-,21+/m0/s1. The highest BCUT2D eigenvalue weighted by atomic mass is 35.5. The van der Waals surface area contributed by atoms with Crippen LogP contribution in [0.1, 0.15) is 51.2 Å². The summed E-state index contributed by atoms with van der Waals surface area (Å²) in [6.45, 7) is 7.83. The summed E-state index contributed by atoms with van der Waals surface area (Å²) in [4.78, 5) is 27.7. The molecule has 2 amide bonds. The summed E-state index contributed by atoms with van der Waals surface area (Å²) in [7, 11) is -3.53. The van der Waals surface area contributed by atoms with Gasteiger partial charge in [0.2, 0.25) is 21.8 Å². The summed E-state index contributed by atoms with van der Waals surface area (Å²) in [5.41, 5.74) is 2.24. The number of sulfonamides is 1. The van der Waals surface area contributed by atoms with Crippen molar-refractivity contribution in [1.82, 2.24) is 10.2 Å². The molecule has 1 N–H and O–H groups in total. The van der Waals surface area contributed by atoms with Crippen LogP contribution in [-0.4, -0.2) is 50.0 Å². The number of amides is 2.